The first kappa shape index (κ1) is 13.2. The van der Waals surface area contributed by atoms with Crippen molar-refractivity contribution in [3.63, 3.8) is 0 Å². The van der Waals surface area contributed by atoms with Crippen molar-refractivity contribution in [2.75, 3.05) is 26.3 Å². The van der Waals surface area contributed by atoms with Crippen molar-refractivity contribution in [3.05, 3.63) is 0 Å². The Kier molecular flexibility index (Phi) is 4.74. The summed E-state index contributed by atoms with van der Waals surface area (Å²) in [5, 5.41) is 5.41. The van der Waals surface area contributed by atoms with E-state index in [0.29, 0.717) is 10.7 Å². The molecule has 0 spiro atoms. The third kappa shape index (κ3) is 3.88. The van der Waals surface area contributed by atoms with Crippen molar-refractivity contribution >= 4 is 16.9 Å². The Morgan fingerprint density at radius 3 is 2.94 bits per heavy atom. The van der Waals surface area contributed by atoms with E-state index in [1.165, 1.54) is 12.8 Å². The highest BCUT2D eigenvalue weighted by atomic mass is 32.2. The number of hydrogen-bond acceptors (Lipinski definition) is 4. The molecule has 2 aliphatic heterocycles. The number of nitrogens with one attached hydrogen (secondary N) is 1. The fourth-order valence-corrected chi connectivity index (χ4v) is 3.44. The van der Waals surface area contributed by atoms with Crippen LogP contribution in [-0.2, 0) is 4.74 Å². The van der Waals surface area contributed by atoms with Crippen LogP contribution in [0.25, 0.3) is 0 Å². The topological polar surface area (TPSA) is 33.6 Å². The first-order valence-electron chi connectivity index (χ1n) is 6.74. The zero-order chi connectivity index (χ0) is 12.1. The van der Waals surface area contributed by atoms with E-state index in [1.54, 1.807) is 0 Å². The lowest BCUT2D eigenvalue weighted by atomic mass is 9.82. The minimum atomic E-state index is 0.393. The van der Waals surface area contributed by atoms with Gasteiger partial charge in [-0.1, -0.05) is 32.0 Å². The number of ether oxygens (including phenoxy) is 1. The number of thioether (sulfide) groups is 1. The van der Waals surface area contributed by atoms with Crippen LogP contribution in [0, 0.1) is 5.41 Å². The summed E-state index contributed by atoms with van der Waals surface area (Å²) in [6, 6.07) is 0. The molecular formula is C13H24N2OS. The summed E-state index contributed by atoms with van der Waals surface area (Å²) in [5.74, 6) is 0. The molecule has 1 atom stereocenters. The molecule has 4 heteroatoms. The van der Waals surface area contributed by atoms with E-state index in [9.17, 15) is 0 Å². The minimum absolute atomic E-state index is 0.393. The summed E-state index contributed by atoms with van der Waals surface area (Å²) in [7, 11) is 0. The summed E-state index contributed by atoms with van der Waals surface area (Å²) < 4.78 is 5.42. The smallest absolute Gasteiger partial charge is 0.156 e. The summed E-state index contributed by atoms with van der Waals surface area (Å²) in [6.07, 6.45) is 4.87. The number of aliphatic imine (C=N–C) groups is 1. The summed E-state index contributed by atoms with van der Waals surface area (Å²) >= 11 is 1.93. The lowest BCUT2D eigenvalue weighted by molar-refractivity contribution is 0.0262. The molecule has 17 heavy (non-hydrogen) atoms. The van der Waals surface area contributed by atoms with E-state index < -0.39 is 0 Å². The molecule has 0 aliphatic carbocycles. The van der Waals surface area contributed by atoms with E-state index >= 15 is 0 Å². The molecule has 0 amide bonds. The van der Waals surface area contributed by atoms with Gasteiger partial charge in [0.15, 0.2) is 5.17 Å². The number of hydrogen-bond donors (Lipinski definition) is 1. The van der Waals surface area contributed by atoms with Crippen LogP contribution in [0.2, 0.25) is 0 Å². The largest absolute Gasteiger partial charge is 0.381 e. The fraction of sp³-hybridized carbons (Fsp3) is 0.923. The molecule has 0 aromatic heterocycles. The van der Waals surface area contributed by atoms with Gasteiger partial charge in [0, 0.05) is 25.0 Å². The zero-order valence-electron chi connectivity index (χ0n) is 11.0. The molecule has 1 fully saturated rings. The van der Waals surface area contributed by atoms with Crippen molar-refractivity contribution in [1.82, 2.24) is 5.32 Å². The molecule has 1 N–H and O–H groups in total. The van der Waals surface area contributed by atoms with Gasteiger partial charge < -0.3 is 10.1 Å². The second-order valence-electron chi connectivity index (χ2n) is 5.45. The van der Waals surface area contributed by atoms with E-state index in [1.807, 2.05) is 11.8 Å². The zero-order valence-corrected chi connectivity index (χ0v) is 11.8. The molecule has 2 aliphatic rings. The van der Waals surface area contributed by atoms with Gasteiger partial charge in [-0.2, -0.15) is 0 Å². The van der Waals surface area contributed by atoms with Crippen LogP contribution >= 0.6 is 11.8 Å². The lowest BCUT2D eigenvalue weighted by Gasteiger charge is -2.33. The van der Waals surface area contributed by atoms with Crippen molar-refractivity contribution in [2.45, 2.75) is 44.8 Å². The Balaban J connectivity index is 1.71. The monoisotopic (exact) mass is 256 g/mol. The van der Waals surface area contributed by atoms with Gasteiger partial charge in [-0.15, -0.1) is 0 Å². The molecule has 98 valence electrons. The van der Waals surface area contributed by atoms with Crippen LogP contribution in [0.4, 0.5) is 0 Å². The van der Waals surface area contributed by atoms with Gasteiger partial charge in [-0.25, -0.2) is 0 Å². The Morgan fingerprint density at radius 2 is 2.24 bits per heavy atom. The second kappa shape index (κ2) is 6.10. The molecule has 1 saturated heterocycles. The lowest BCUT2D eigenvalue weighted by Crippen LogP contribution is -2.38. The van der Waals surface area contributed by atoms with E-state index in [0.717, 1.165) is 44.3 Å². The van der Waals surface area contributed by atoms with Crippen LogP contribution in [0.3, 0.4) is 0 Å². The average molecular weight is 256 g/mol. The quantitative estimate of drug-likeness (QED) is 0.839. The molecule has 0 aromatic carbocycles. The van der Waals surface area contributed by atoms with Gasteiger partial charge in [0.2, 0.25) is 0 Å². The third-order valence-electron chi connectivity index (χ3n) is 3.69. The van der Waals surface area contributed by atoms with E-state index in [2.05, 4.69) is 24.2 Å². The SMILES string of the molecule is CCCC1CN=C(NCC2(C)CCOCC2)S1. The summed E-state index contributed by atoms with van der Waals surface area (Å²) in [5.41, 5.74) is 0.393. The molecule has 3 nitrogen and oxygen atoms in total. The van der Waals surface area contributed by atoms with Crippen LogP contribution < -0.4 is 5.32 Å². The standard InChI is InChI=1S/C13H24N2OS/c1-3-4-11-9-14-12(17-11)15-10-13(2)5-7-16-8-6-13/h11H,3-10H2,1-2H3,(H,14,15). The third-order valence-corrected chi connectivity index (χ3v) is 4.91. The summed E-state index contributed by atoms with van der Waals surface area (Å²) in [4.78, 5) is 4.59. The Bertz CT molecular complexity index is 275. The maximum Gasteiger partial charge on any atom is 0.156 e. The maximum atomic E-state index is 5.42. The Hall–Kier alpha value is -0.220. The van der Waals surface area contributed by atoms with Gasteiger partial charge in [0.1, 0.15) is 0 Å². The van der Waals surface area contributed by atoms with Crippen molar-refractivity contribution in [1.29, 1.82) is 0 Å². The molecule has 0 bridgehead atoms. The molecule has 2 rings (SSSR count). The van der Waals surface area contributed by atoms with Gasteiger partial charge in [0.05, 0.1) is 6.54 Å². The highest BCUT2D eigenvalue weighted by Crippen LogP contribution is 2.30. The van der Waals surface area contributed by atoms with Crippen LogP contribution in [0.5, 0.6) is 0 Å². The van der Waals surface area contributed by atoms with Crippen molar-refractivity contribution in [2.24, 2.45) is 10.4 Å². The number of amidine groups is 1. The Morgan fingerprint density at radius 1 is 1.47 bits per heavy atom. The minimum Gasteiger partial charge on any atom is -0.381 e. The first-order chi connectivity index (χ1) is 8.22. The van der Waals surface area contributed by atoms with Crippen molar-refractivity contribution < 1.29 is 4.74 Å². The molecule has 0 saturated carbocycles. The highest BCUT2D eigenvalue weighted by Gasteiger charge is 2.28. The summed E-state index contributed by atoms with van der Waals surface area (Å²) in [6.45, 7) is 8.47. The van der Waals surface area contributed by atoms with Crippen molar-refractivity contribution in [3.8, 4) is 0 Å². The fourth-order valence-electron chi connectivity index (χ4n) is 2.32. The second-order valence-corrected chi connectivity index (χ2v) is 6.74. The predicted octanol–water partition coefficient (Wildman–Crippen LogP) is 2.66. The number of rotatable bonds is 4. The molecular weight excluding hydrogens is 232 g/mol. The highest BCUT2D eigenvalue weighted by molar-refractivity contribution is 8.14. The Labute approximate surface area is 109 Å². The van der Waals surface area contributed by atoms with Gasteiger partial charge in [0.25, 0.3) is 0 Å². The van der Waals surface area contributed by atoms with Gasteiger partial charge in [-0.05, 0) is 24.7 Å². The van der Waals surface area contributed by atoms with E-state index in [4.69, 9.17) is 4.74 Å². The molecule has 0 radical (unpaired) electrons. The normalized spacial score (nSPS) is 27.9. The number of nitrogens with zero attached hydrogens (tertiary/aromatic N) is 1. The van der Waals surface area contributed by atoms with Gasteiger partial charge >= 0.3 is 0 Å². The average Bonchev–Trinajstić information content (AvgIpc) is 2.76. The molecule has 1 unspecified atom stereocenters. The molecule has 2 heterocycles. The maximum absolute atomic E-state index is 5.42. The van der Waals surface area contributed by atoms with Crippen LogP contribution in [-0.4, -0.2) is 36.7 Å². The first-order valence-corrected chi connectivity index (χ1v) is 7.62. The van der Waals surface area contributed by atoms with Crippen LogP contribution in [0.1, 0.15) is 39.5 Å². The van der Waals surface area contributed by atoms with Gasteiger partial charge in [-0.3, -0.25) is 4.99 Å². The van der Waals surface area contributed by atoms with E-state index in [-0.39, 0.29) is 0 Å². The predicted molar refractivity (Wildman–Crippen MR) is 74.8 cm³/mol. The van der Waals surface area contributed by atoms with Crippen LogP contribution in [0.15, 0.2) is 4.99 Å². The molecule has 0 aromatic rings.